The molecular weight excluding hydrogens is 152 g/mol. The van der Waals surface area contributed by atoms with Crippen molar-refractivity contribution in [2.24, 2.45) is 5.92 Å². The standard InChI is InChI=1S/C9H20N2O/c1-5-6-11-9(12)8(10-4)7(2)3/h7-8,10H,5-6H2,1-4H3,(H,11,12). The molecule has 0 heterocycles. The van der Waals surface area contributed by atoms with Crippen LogP contribution < -0.4 is 10.6 Å². The van der Waals surface area contributed by atoms with Gasteiger partial charge in [-0.1, -0.05) is 20.8 Å². The van der Waals surface area contributed by atoms with Gasteiger partial charge in [-0.2, -0.15) is 0 Å². The van der Waals surface area contributed by atoms with E-state index in [4.69, 9.17) is 0 Å². The number of nitrogens with one attached hydrogen (secondary N) is 2. The van der Waals surface area contributed by atoms with E-state index in [0.29, 0.717) is 5.92 Å². The van der Waals surface area contributed by atoms with Crippen molar-refractivity contribution in [3.63, 3.8) is 0 Å². The van der Waals surface area contributed by atoms with Gasteiger partial charge >= 0.3 is 0 Å². The number of amides is 1. The summed E-state index contributed by atoms with van der Waals surface area (Å²) in [4.78, 5) is 11.4. The lowest BCUT2D eigenvalue weighted by Gasteiger charge is -2.18. The molecule has 1 amide bonds. The molecule has 3 heteroatoms. The molecule has 0 radical (unpaired) electrons. The molecule has 72 valence electrons. The van der Waals surface area contributed by atoms with E-state index < -0.39 is 0 Å². The molecule has 1 atom stereocenters. The summed E-state index contributed by atoms with van der Waals surface area (Å²) in [6.45, 7) is 6.88. The lowest BCUT2D eigenvalue weighted by Crippen LogP contribution is -2.46. The van der Waals surface area contributed by atoms with E-state index in [1.807, 2.05) is 27.8 Å². The SMILES string of the molecule is CCCNC(=O)C(NC)C(C)C. The summed E-state index contributed by atoms with van der Waals surface area (Å²) in [6.07, 6.45) is 0.986. The fraction of sp³-hybridized carbons (Fsp3) is 0.889. The minimum absolute atomic E-state index is 0.0588. The number of carbonyl (C=O) groups is 1. The van der Waals surface area contributed by atoms with Crippen molar-refractivity contribution in [3.8, 4) is 0 Å². The molecule has 0 aliphatic carbocycles. The molecule has 0 aromatic carbocycles. The van der Waals surface area contributed by atoms with Gasteiger partial charge in [0.1, 0.15) is 0 Å². The lowest BCUT2D eigenvalue weighted by atomic mass is 10.0. The molecule has 2 N–H and O–H groups in total. The van der Waals surface area contributed by atoms with Gasteiger partial charge in [0.25, 0.3) is 0 Å². The molecule has 0 aliphatic heterocycles. The molecule has 0 saturated carbocycles. The quantitative estimate of drug-likeness (QED) is 0.642. The van der Waals surface area contributed by atoms with E-state index in [2.05, 4.69) is 10.6 Å². The van der Waals surface area contributed by atoms with Gasteiger partial charge in [-0.15, -0.1) is 0 Å². The second-order valence-electron chi connectivity index (χ2n) is 3.30. The highest BCUT2D eigenvalue weighted by Crippen LogP contribution is 2.00. The highest BCUT2D eigenvalue weighted by molar-refractivity contribution is 5.81. The fourth-order valence-corrected chi connectivity index (χ4v) is 1.13. The van der Waals surface area contributed by atoms with Crippen LogP contribution in [0.5, 0.6) is 0 Å². The van der Waals surface area contributed by atoms with E-state index in [1.165, 1.54) is 0 Å². The summed E-state index contributed by atoms with van der Waals surface area (Å²) in [7, 11) is 1.82. The molecular formula is C9H20N2O. The number of hydrogen-bond acceptors (Lipinski definition) is 2. The Balaban J connectivity index is 3.86. The Bertz CT molecular complexity index is 134. The van der Waals surface area contributed by atoms with E-state index in [1.54, 1.807) is 0 Å². The van der Waals surface area contributed by atoms with Gasteiger partial charge in [-0.05, 0) is 19.4 Å². The van der Waals surface area contributed by atoms with Crippen LogP contribution in [-0.2, 0) is 4.79 Å². The van der Waals surface area contributed by atoms with Gasteiger partial charge in [-0.25, -0.2) is 0 Å². The van der Waals surface area contributed by atoms with Gasteiger partial charge in [0.2, 0.25) is 5.91 Å². The van der Waals surface area contributed by atoms with Gasteiger partial charge in [0.15, 0.2) is 0 Å². The topological polar surface area (TPSA) is 41.1 Å². The molecule has 0 aromatic rings. The molecule has 0 aliphatic rings. The van der Waals surface area contributed by atoms with E-state index in [9.17, 15) is 4.79 Å². The number of hydrogen-bond donors (Lipinski definition) is 2. The van der Waals surface area contributed by atoms with Gasteiger partial charge < -0.3 is 10.6 Å². The van der Waals surface area contributed by atoms with E-state index >= 15 is 0 Å². The first kappa shape index (κ1) is 11.4. The third-order valence-corrected chi connectivity index (χ3v) is 1.81. The summed E-state index contributed by atoms with van der Waals surface area (Å²) >= 11 is 0. The van der Waals surface area contributed by atoms with Crippen LogP contribution in [-0.4, -0.2) is 25.5 Å². The van der Waals surface area contributed by atoms with Crippen molar-refractivity contribution in [2.75, 3.05) is 13.6 Å². The average Bonchev–Trinajstić information content (AvgIpc) is 2.01. The Labute approximate surface area is 74.9 Å². The van der Waals surface area contributed by atoms with Crippen molar-refractivity contribution in [3.05, 3.63) is 0 Å². The Morgan fingerprint density at radius 2 is 2.00 bits per heavy atom. The Morgan fingerprint density at radius 1 is 1.42 bits per heavy atom. The summed E-state index contributed by atoms with van der Waals surface area (Å²) in [5, 5.41) is 5.86. The summed E-state index contributed by atoms with van der Waals surface area (Å²) in [5.41, 5.74) is 0. The second-order valence-corrected chi connectivity index (χ2v) is 3.30. The van der Waals surface area contributed by atoms with Gasteiger partial charge in [0, 0.05) is 6.54 Å². The van der Waals surface area contributed by atoms with Crippen molar-refractivity contribution in [2.45, 2.75) is 33.2 Å². The van der Waals surface area contributed by atoms with E-state index in [0.717, 1.165) is 13.0 Å². The molecule has 0 fully saturated rings. The van der Waals surface area contributed by atoms with Crippen molar-refractivity contribution in [1.29, 1.82) is 0 Å². The van der Waals surface area contributed by atoms with Gasteiger partial charge in [-0.3, -0.25) is 4.79 Å². The lowest BCUT2D eigenvalue weighted by molar-refractivity contribution is -0.123. The largest absolute Gasteiger partial charge is 0.355 e. The fourth-order valence-electron chi connectivity index (χ4n) is 1.13. The second kappa shape index (κ2) is 6.00. The van der Waals surface area contributed by atoms with Crippen LogP contribution >= 0.6 is 0 Å². The van der Waals surface area contributed by atoms with Crippen LogP contribution in [0.1, 0.15) is 27.2 Å². The zero-order chi connectivity index (χ0) is 9.56. The van der Waals surface area contributed by atoms with Gasteiger partial charge in [0.05, 0.1) is 6.04 Å². The molecule has 0 rings (SSSR count). The first-order valence-electron chi connectivity index (χ1n) is 4.58. The molecule has 0 saturated heterocycles. The summed E-state index contributed by atoms with van der Waals surface area (Å²) in [6, 6.07) is -0.0588. The molecule has 1 unspecified atom stereocenters. The van der Waals surface area contributed by atoms with Crippen LogP contribution in [0.4, 0.5) is 0 Å². The molecule has 0 aromatic heterocycles. The maximum absolute atomic E-state index is 11.4. The minimum Gasteiger partial charge on any atom is -0.355 e. The minimum atomic E-state index is -0.0588. The first-order valence-corrected chi connectivity index (χ1v) is 4.58. The van der Waals surface area contributed by atoms with Crippen LogP contribution in [0.15, 0.2) is 0 Å². The Hall–Kier alpha value is -0.570. The van der Waals surface area contributed by atoms with E-state index in [-0.39, 0.29) is 11.9 Å². The summed E-state index contributed by atoms with van der Waals surface area (Å²) < 4.78 is 0. The molecule has 0 spiro atoms. The van der Waals surface area contributed by atoms with Crippen LogP contribution in [0.2, 0.25) is 0 Å². The smallest absolute Gasteiger partial charge is 0.237 e. The Kier molecular flexibility index (Phi) is 5.72. The third-order valence-electron chi connectivity index (χ3n) is 1.81. The highest BCUT2D eigenvalue weighted by Gasteiger charge is 2.18. The molecule has 0 bridgehead atoms. The van der Waals surface area contributed by atoms with Crippen LogP contribution in [0, 0.1) is 5.92 Å². The zero-order valence-corrected chi connectivity index (χ0v) is 8.48. The number of rotatable bonds is 5. The number of likely N-dealkylation sites (N-methyl/N-ethyl adjacent to an activating group) is 1. The number of carbonyl (C=O) groups excluding carboxylic acids is 1. The maximum atomic E-state index is 11.4. The van der Waals surface area contributed by atoms with Crippen LogP contribution in [0.25, 0.3) is 0 Å². The average molecular weight is 172 g/mol. The monoisotopic (exact) mass is 172 g/mol. The Morgan fingerprint density at radius 3 is 2.33 bits per heavy atom. The van der Waals surface area contributed by atoms with Crippen molar-refractivity contribution >= 4 is 5.91 Å². The predicted octanol–water partition coefficient (Wildman–Crippen LogP) is 0.757. The zero-order valence-electron chi connectivity index (χ0n) is 8.48. The summed E-state index contributed by atoms with van der Waals surface area (Å²) in [5.74, 6) is 0.446. The maximum Gasteiger partial charge on any atom is 0.237 e. The van der Waals surface area contributed by atoms with Crippen LogP contribution in [0.3, 0.4) is 0 Å². The molecule has 3 nitrogen and oxygen atoms in total. The highest BCUT2D eigenvalue weighted by atomic mass is 16.2. The third kappa shape index (κ3) is 3.72. The normalized spacial score (nSPS) is 13.1. The predicted molar refractivity (Wildman–Crippen MR) is 51.0 cm³/mol. The molecule has 12 heavy (non-hydrogen) atoms. The first-order chi connectivity index (χ1) is 5.63. The van der Waals surface area contributed by atoms with Crippen molar-refractivity contribution < 1.29 is 4.79 Å². The van der Waals surface area contributed by atoms with Crippen molar-refractivity contribution in [1.82, 2.24) is 10.6 Å².